The maximum absolute atomic E-state index is 12.3. The predicted octanol–water partition coefficient (Wildman–Crippen LogP) is 2.82. The summed E-state index contributed by atoms with van der Waals surface area (Å²) in [6.07, 6.45) is 0. The molecule has 0 radical (unpaired) electrons. The molecule has 0 fully saturated rings. The lowest BCUT2D eigenvalue weighted by Crippen LogP contribution is -2.36. The number of amides is 2. The van der Waals surface area contributed by atoms with Crippen LogP contribution < -0.4 is 11.1 Å². The van der Waals surface area contributed by atoms with Crippen LogP contribution in [0.3, 0.4) is 0 Å². The number of nitrogens with two attached hydrogens (primary N) is 1. The summed E-state index contributed by atoms with van der Waals surface area (Å²) >= 11 is 0. The molecule has 0 saturated carbocycles. The fraction of sp³-hybridized carbons (Fsp3) is 0.150. The van der Waals surface area contributed by atoms with Gasteiger partial charge in [-0.25, -0.2) is 4.99 Å². The summed E-state index contributed by atoms with van der Waals surface area (Å²) in [4.78, 5) is 29.9. The topological polar surface area (TPSA) is 101 Å². The minimum atomic E-state index is -0.402. The van der Waals surface area contributed by atoms with E-state index >= 15 is 0 Å². The Labute approximate surface area is 156 Å². The number of fused-ring (bicyclic) bond motifs is 1. The summed E-state index contributed by atoms with van der Waals surface area (Å²) in [6.45, 7) is 1.87. The second-order valence-electron chi connectivity index (χ2n) is 6.31. The van der Waals surface area contributed by atoms with Gasteiger partial charge in [-0.2, -0.15) is 0 Å². The van der Waals surface area contributed by atoms with Gasteiger partial charge in [-0.15, -0.1) is 0 Å². The molecule has 3 aromatic rings. The third-order valence-corrected chi connectivity index (χ3v) is 3.91. The van der Waals surface area contributed by atoms with Crippen LogP contribution in [-0.4, -0.2) is 36.8 Å². The van der Waals surface area contributed by atoms with E-state index in [1.807, 2.05) is 19.1 Å². The van der Waals surface area contributed by atoms with E-state index in [0.717, 1.165) is 16.7 Å². The van der Waals surface area contributed by atoms with Gasteiger partial charge >= 0.3 is 0 Å². The maximum atomic E-state index is 12.3. The number of guanidine groups is 1. The van der Waals surface area contributed by atoms with Crippen molar-refractivity contribution in [3.63, 3.8) is 0 Å². The van der Waals surface area contributed by atoms with Gasteiger partial charge in [-0.05, 0) is 55.5 Å². The van der Waals surface area contributed by atoms with Gasteiger partial charge in [0.2, 0.25) is 5.96 Å². The zero-order valence-corrected chi connectivity index (χ0v) is 15.3. The number of aryl methyl sites for hydroxylation is 1. The number of carbonyl (C=O) groups is 2. The Morgan fingerprint density at radius 3 is 2.37 bits per heavy atom. The molecule has 3 rings (SSSR count). The number of nitrogens with zero attached hydrogens (tertiary/aromatic N) is 2. The van der Waals surface area contributed by atoms with Crippen LogP contribution in [0.25, 0.3) is 11.0 Å². The predicted molar refractivity (Wildman–Crippen MR) is 104 cm³/mol. The number of carbonyl (C=O) groups excluding carboxylic acids is 2. The molecular formula is C20H20N4O3. The van der Waals surface area contributed by atoms with Gasteiger partial charge in [0, 0.05) is 30.6 Å². The summed E-state index contributed by atoms with van der Waals surface area (Å²) in [5.41, 5.74) is 8.10. The molecule has 0 bridgehead atoms. The molecule has 138 valence electrons. The van der Waals surface area contributed by atoms with Crippen LogP contribution in [0.1, 0.15) is 26.5 Å². The Morgan fingerprint density at radius 2 is 1.70 bits per heavy atom. The third kappa shape index (κ3) is 4.14. The number of hydrogen-bond donors (Lipinski definition) is 2. The first kappa shape index (κ1) is 18.2. The highest BCUT2D eigenvalue weighted by molar-refractivity contribution is 6.06. The molecule has 3 N–H and O–H groups in total. The van der Waals surface area contributed by atoms with E-state index in [1.54, 1.807) is 50.5 Å². The molecule has 0 spiro atoms. The van der Waals surface area contributed by atoms with Crippen molar-refractivity contribution in [1.29, 1.82) is 0 Å². The van der Waals surface area contributed by atoms with Crippen LogP contribution in [0, 0.1) is 6.92 Å². The van der Waals surface area contributed by atoms with E-state index in [4.69, 9.17) is 10.2 Å². The Balaban J connectivity index is 1.72. The van der Waals surface area contributed by atoms with Crippen molar-refractivity contribution < 1.29 is 14.0 Å². The summed E-state index contributed by atoms with van der Waals surface area (Å²) in [7, 11) is 3.34. The van der Waals surface area contributed by atoms with Crippen molar-refractivity contribution in [3.8, 4) is 0 Å². The fourth-order valence-corrected chi connectivity index (χ4v) is 2.61. The number of rotatable bonds is 3. The van der Waals surface area contributed by atoms with Crippen LogP contribution in [-0.2, 0) is 0 Å². The Morgan fingerprint density at radius 1 is 1.04 bits per heavy atom. The number of furan rings is 1. The molecule has 27 heavy (non-hydrogen) atoms. The molecule has 0 unspecified atom stereocenters. The standard InChI is InChI=1S/C20H20N4O3/c1-12-10-15-11-16(8-9-17(15)27-12)22-20(21)23-18(25)13-4-6-14(7-5-13)19(26)24(2)3/h4-11H,1-3H3,(H3,21,22,23,25). The number of nitrogens with one attached hydrogen (secondary N) is 1. The molecule has 0 aliphatic carbocycles. The monoisotopic (exact) mass is 364 g/mol. The Bertz CT molecular complexity index is 1030. The molecule has 0 aliphatic rings. The maximum Gasteiger partial charge on any atom is 0.257 e. The van der Waals surface area contributed by atoms with E-state index in [2.05, 4.69) is 10.3 Å². The largest absolute Gasteiger partial charge is 0.461 e. The number of aliphatic imine (C=N–C) groups is 1. The normalized spacial score (nSPS) is 11.4. The highest BCUT2D eigenvalue weighted by Crippen LogP contribution is 2.24. The van der Waals surface area contributed by atoms with Crippen molar-refractivity contribution in [3.05, 3.63) is 65.4 Å². The summed E-state index contributed by atoms with van der Waals surface area (Å²) < 4.78 is 5.51. The quantitative estimate of drug-likeness (QED) is 0.551. The number of benzene rings is 2. The smallest absolute Gasteiger partial charge is 0.257 e. The molecule has 0 saturated heterocycles. The van der Waals surface area contributed by atoms with E-state index < -0.39 is 5.91 Å². The average Bonchev–Trinajstić information content (AvgIpc) is 3.00. The molecule has 1 heterocycles. The van der Waals surface area contributed by atoms with Gasteiger partial charge in [0.25, 0.3) is 11.8 Å². The van der Waals surface area contributed by atoms with Crippen molar-refractivity contribution in [2.75, 3.05) is 14.1 Å². The average molecular weight is 364 g/mol. The van der Waals surface area contributed by atoms with Crippen LogP contribution in [0.15, 0.2) is 57.9 Å². The van der Waals surface area contributed by atoms with Crippen molar-refractivity contribution in [2.24, 2.45) is 10.7 Å². The number of hydrogen-bond acceptors (Lipinski definition) is 4. The summed E-state index contributed by atoms with van der Waals surface area (Å²) in [5, 5.41) is 3.45. The minimum absolute atomic E-state index is 0.0204. The first-order valence-electron chi connectivity index (χ1n) is 8.31. The Hall–Kier alpha value is -3.61. The lowest BCUT2D eigenvalue weighted by molar-refractivity contribution is 0.0826. The highest BCUT2D eigenvalue weighted by atomic mass is 16.3. The van der Waals surface area contributed by atoms with Gasteiger partial charge in [0.05, 0.1) is 5.69 Å². The fourth-order valence-electron chi connectivity index (χ4n) is 2.61. The van der Waals surface area contributed by atoms with E-state index in [1.165, 1.54) is 4.90 Å². The van der Waals surface area contributed by atoms with E-state index in [9.17, 15) is 9.59 Å². The minimum Gasteiger partial charge on any atom is -0.461 e. The molecule has 1 aromatic heterocycles. The molecule has 2 aromatic carbocycles. The molecule has 7 heteroatoms. The van der Waals surface area contributed by atoms with Crippen LogP contribution in [0.4, 0.5) is 5.69 Å². The molecule has 7 nitrogen and oxygen atoms in total. The van der Waals surface area contributed by atoms with Crippen LogP contribution >= 0.6 is 0 Å². The lowest BCUT2D eigenvalue weighted by atomic mass is 10.1. The van der Waals surface area contributed by atoms with Crippen molar-refractivity contribution in [2.45, 2.75) is 6.92 Å². The highest BCUT2D eigenvalue weighted by Gasteiger charge is 2.11. The summed E-state index contributed by atoms with van der Waals surface area (Å²) in [6, 6.07) is 13.6. The van der Waals surface area contributed by atoms with Crippen LogP contribution in [0.2, 0.25) is 0 Å². The van der Waals surface area contributed by atoms with Crippen molar-refractivity contribution >= 4 is 34.4 Å². The first-order chi connectivity index (χ1) is 12.8. The van der Waals surface area contributed by atoms with Gasteiger partial charge < -0.3 is 15.1 Å². The van der Waals surface area contributed by atoms with Gasteiger partial charge in [0.15, 0.2) is 0 Å². The summed E-state index contributed by atoms with van der Waals surface area (Å²) in [5.74, 6) is 0.254. The molecule has 0 aliphatic heterocycles. The SMILES string of the molecule is Cc1cc2cc(N=C(N)NC(=O)c3ccc(C(=O)N(C)C)cc3)ccc2o1. The van der Waals surface area contributed by atoms with E-state index in [0.29, 0.717) is 16.8 Å². The van der Waals surface area contributed by atoms with E-state index in [-0.39, 0.29) is 11.9 Å². The first-order valence-corrected chi connectivity index (χ1v) is 8.31. The molecule has 2 amide bonds. The van der Waals surface area contributed by atoms with Crippen LogP contribution in [0.5, 0.6) is 0 Å². The second kappa shape index (κ2) is 7.33. The van der Waals surface area contributed by atoms with Gasteiger partial charge in [-0.3, -0.25) is 14.9 Å². The second-order valence-corrected chi connectivity index (χ2v) is 6.31. The zero-order valence-electron chi connectivity index (χ0n) is 15.3. The zero-order chi connectivity index (χ0) is 19.6. The Kier molecular flexibility index (Phi) is 4.94. The lowest BCUT2D eigenvalue weighted by Gasteiger charge is -2.10. The van der Waals surface area contributed by atoms with Gasteiger partial charge in [-0.1, -0.05) is 0 Å². The van der Waals surface area contributed by atoms with Gasteiger partial charge in [0.1, 0.15) is 11.3 Å². The van der Waals surface area contributed by atoms with Crippen molar-refractivity contribution in [1.82, 2.24) is 10.2 Å². The molecule has 0 atom stereocenters. The molecular weight excluding hydrogens is 344 g/mol. The third-order valence-electron chi connectivity index (χ3n) is 3.91.